The van der Waals surface area contributed by atoms with E-state index in [1.807, 2.05) is 48.5 Å². The topological polar surface area (TPSA) is 74.6 Å². The lowest BCUT2D eigenvalue weighted by Gasteiger charge is -2.07. The summed E-state index contributed by atoms with van der Waals surface area (Å²) < 4.78 is 17.7. The molecule has 2 aromatic carbocycles. The van der Waals surface area contributed by atoms with Crippen LogP contribution < -0.4 is 19.5 Å². The van der Waals surface area contributed by atoms with Gasteiger partial charge < -0.3 is 19.5 Å². The van der Waals surface area contributed by atoms with Crippen LogP contribution >= 0.6 is 0 Å². The van der Waals surface area contributed by atoms with Crippen LogP contribution in [0, 0.1) is 11.8 Å². The number of carbonyl (C=O) groups is 1. The van der Waals surface area contributed by atoms with E-state index in [1.54, 1.807) is 27.3 Å². The predicted molar refractivity (Wildman–Crippen MR) is 114 cm³/mol. The van der Waals surface area contributed by atoms with Crippen LogP contribution in [0.15, 0.2) is 54.6 Å². The monoisotopic (exact) mass is 405 g/mol. The van der Waals surface area contributed by atoms with E-state index >= 15 is 0 Å². The molecule has 1 aromatic heterocycles. The first-order chi connectivity index (χ1) is 14.6. The third kappa shape index (κ3) is 4.92. The molecule has 0 fully saturated rings. The van der Waals surface area contributed by atoms with E-state index in [0.717, 1.165) is 5.56 Å². The van der Waals surface area contributed by atoms with Crippen molar-refractivity contribution in [3.05, 3.63) is 60.3 Å². The quantitative estimate of drug-likeness (QED) is 0.612. The molecule has 1 heterocycles. The molecule has 0 atom stereocenters. The van der Waals surface area contributed by atoms with Crippen molar-refractivity contribution >= 4 is 5.91 Å². The summed E-state index contributed by atoms with van der Waals surface area (Å²) in [5, 5.41) is 7.20. The van der Waals surface area contributed by atoms with Crippen molar-refractivity contribution in [1.82, 2.24) is 15.1 Å². The first-order valence-electron chi connectivity index (χ1n) is 9.31. The van der Waals surface area contributed by atoms with Crippen molar-refractivity contribution in [3.63, 3.8) is 0 Å². The van der Waals surface area contributed by atoms with E-state index in [9.17, 15) is 4.79 Å². The average Bonchev–Trinajstić information content (AvgIpc) is 3.17. The largest absolute Gasteiger partial charge is 0.496 e. The number of hydrogen-bond acceptors (Lipinski definition) is 5. The normalized spacial score (nSPS) is 9.97. The Bertz CT molecular complexity index is 1080. The number of amides is 1. The maximum Gasteiger partial charge on any atom is 0.270 e. The van der Waals surface area contributed by atoms with Gasteiger partial charge in [-0.1, -0.05) is 36.1 Å². The van der Waals surface area contributed by atoms with Crippen molar-refractivity contribution in [2.24, 2.45) is 7.05 Å². The number of methoxy groups -OCH3 is 2. The maximum atomic E-state index is 12.5. The SMILES string of the molecule is COc1ccccc1OCC#CCNC(=O)c1cc(-c2ccccc2OC)nn1C. The second-order valence-electron chi connectivity index (χ2n) is 6.21. The molecule has 7 nitrogen and oxygen atoms in total. The average molecular weight is 405 g/mol. The van der Waals surface area contributed by atoms with Crippen molar-refractivity contribution in [3.8, 4) is 40.3 Å². The highest BCUT2D eigenvalue weighted by Crippen LogP contribution is 2.29. The number of aromatic nitrogens is 2. The fourth-order valence-corrected chi connectivity index (χ4v) is 2.85. The molecule has 0 aliphatic carbocycles. The number of benzene rings is 2. The number of nitrogens with zero attached hydrogens (tertiary/aromatic N) is 2. The molecule has 0 aliphatic heterocycles. The molecular formula is C23H23N3O4. The van der Waals surface area contributed by atoms with Crippen LogP contribution in [0.4, 0.5) is 0 Å². The van der Waals surface area contributed by atoms with Crippen LogP contribution in [0.1, 0.15) is 10.5 Å². The molecule has 0 saturated carbocycles. The molecule has 0 aliphatic rings. The first-order valence-corrected chi connectivity index (χ1v) is 9.31. The fourth-order valence-electron chi connectivity index (χ4n) is 2.85. The summed E-state index contributed by atoms with van der Waals surface area (Å²) >= 11 is 0. The first kappa shape index (κ1) is 20.8. The van der Waals surface area contributed by atoms with Gasteiger partial charge in [0.25, 0.3) is 5.91 Å². The predicted octanol–water partition coefficient (Wildman–Crippen LogP) is 2.92. The van der Waals surface area contributed by atoms with Crippen molar-refractivity contribution in [2.45, 2.75) is 0 Å². The van der Waals surface area contributed by atoms with Gasteiger partial charge >= 0.3 is 0 Å². The van der Waals surface area contributed by atoms with Crippen LogP contribution in [-0.4, -0.2) is 43.1 Å². The number of nitrogens with one attached hydrogen (secondary N) is 1. The highest BCUT2D eigenvalue weighted by Gasteiger charge is 2.15. The number of aryl methyl sites for hydroxylation is 1. The third-order valence-electron chi connectivity index (χ3n) is 4.33. The van der Waals surface area contributed by atoms with Gasteiger partial charge in [-0.15, -0.1) is 0 Å². The minimum absolute atomic E-state index is 0.194. The van der Waals surface area contributed by atoms with Gasteiger partial charge in [-0.05, 0) is 30.3 Å². The van der Waals surface area contributed by atoms with Gasteiger partial charge in [0, 0.05) is 12.6 Å². The lowest BCUT2D eigenvalue weighted by molar-refractivity contribution is 0.0949. The zero-order valence-electron chi connectivity index (χ0n) is 17.1. The van der Waals surface area contributed by atoms with Crippen molar-refractivity contribution < 1.29 is 19.0 Å². The van der Waals surface area contributed by atoms with E-state index in [1.165, 1.54) is 4.68 Å². The Balaban J connectivity index is 1.56. The Morgan fingerprint density at radius 1 is 1.00 bits per heavy atom. The number of ether oxygens (including phenoxy) is 3. The van der Waals surface area contributed by atoms with E-state index in [-0.39, 0.29) is 19.1 Å². The Morgan fingerprint density at radius 3 is 2.40 bits per heavy atom. The second-order valence-corrected chi connectivity index (χ2v) is 6.21. The molecule has 1 N–H and O–H groups in total. The highest BCUT2D eigenvalue weighted by atomic mass is 16.5. The summed E-state index contributed by atoms with van der Waals surface area (Å²) in [5.74, 6) is 7.45. The van der Waals surface area contributed by atoms with Gasteiger partial charge in [-0.3, -0.25) is 9.48 Å². The summed E-state index contributed by atoms with van der Waals surface area (Å²) in [6.45, 7) is 0.392. The summed E-state index contributed by atoms with van der Waals surface area (Å²) in [6.07, 6.45) is 0. The highest BCUT2D eigenvalue weighted by molar-refractivity contribution is 5.94. The van der Waals surface area contributed by atoms with Crippen LogP contribution in [0.3, 0.4) is 0 Å². The molecule has 3 aromatic rings. The number of rotatable bonds is 7. The Morgan fingerprint density at radius 2 is 1.67 bits per heavy atom. The lowest BCUT2D eigenvalue weighted by Crippen LogP contribution is -2.25. The molecule has 30 heavy (non-hydrogen) atoms. The van der Waals surface area contributed by atoms with E-state index in [2.05, 4.69) is 22.3 Å². The van der Waals surface area contributed by atoms with Crippen LogP contribution in [0.25, 0.3) is 11.3 Å². The lowest BCUT2D eigenvalue weighted by atomic mass is 10.1. The Kier molecular flexibility index (Phi) is 6.95. The number of para-hydroxylation sites is 3. The molecule has 0 spiro atoms. The van der Waals surface area contributed by atoms with Gasteiger partial charge in [-0.25, -0.2) is 0 Å². The van der Waals surface area contributed by atoms with Gasteiger partial charge in [0.05, 0.1) is 26.5 Å². The molecule has 0 saturated heterocycles. The zero-order chi connectivity index (χ0) is 21.3. The number of carbonyl (C=O) groups excluding carboxylic acids is 1. The van der Waals surface area contributed by atoms with Gasteiger partial charge in [0.1, 0.15) is 18.1 Å². The summed E-state index contributed by atoms with van der Waals surface area (Å²) in [7, 11) is 4.91. The molecule has 0 unspecified atom stereocenters. The van der Waals surface area contributed by atoms with Crippen LogP contribution in [0.2, 0.25) is 0 Å². The van der Waals surface area contributed by atoms with Crippen LogP contribution in [0.5, 0.6) is 17.2 Å². The molecule has 7 heteroatoms. The van der Waals surface area contributed by atoms with Gasteiger partial charge in [-0.2, -0.15) is 5.10 Å². The second kappa shape index (κ2) is 10.0. The van der Waals surface area contributed by atoms with Crippen molar-refractivity contribution in [1.29, 1.82) is 0 Å². The minimum Gasteiger partial charge on any atom is -0.496 e. The molecule has 0 bridgehead atoms. The van der Waals surface area contributed by atoms with Crippen molar-refractivity contribution in [2.75, 3.05) is 27.4 Å². The number of hydrogen-bond donors (Lipinski definition) is 1. The Labute approximate surface area is 175 Å². The summed E-state index contributed by atoms with van der Waals surface area (Å²) in [6, 6.07) is 16.6. The fraction of sp³-hybridized carbons (Fsp3) is 0.217. The summed E-state index contributed by atoms with van der Waals surface area (Å²) in [5.41, 5.74) is 1.92. The standard InChI is InChI=1S/C23H23N3O4/c1-26-19(16-18(25-26)17-10-4-5-11-20(17)28-2)23(27)24-14-8-9-15-30-22-13-7-6-12-21(22)29-3/h4-7,10-13,16H,14-15H2,1-3H3,(H,24,27). The summed E-state index contributed by atoms with van der Waals surface area (Å²) in [4.78, 5) is 12.5. The molecule has 3 rings (SSSR count). The van der Waals surface area contributed by atoms with E-state index in [0.29, 0.717) is 28.6 Å². The maximum absolute atomic E-state index is 12.5. The molecule has 1 amide bonds. The van der Waals surface area contributed by atoms with Crippen LogP contribution in [-0.2, 0) is 7.05 Å². The minimum atomic E-state index is -0.258. The molecule has 0 radical (unpaired) electrons. The Hall–Kier alpha value is -3.92. The van der Waals surface area contributed by atoms with E-state index < -0.39 is 0 Å². The molecular weight excluding hydrogens is 382 g/mol. The van der Waals surface area contributed by atoms with Gasteiger partial charge in [0.15, 0.2) is 11.5 Å². The third-order valence-corrected chi connectivity index (χ3v) is 4.33. The molecule has 154 valence electrons. The zero-order valence-corrected chi connectivity index (χ0v) is 17.1. The van der Waals surface area contributed by atoms with Gasteiger partial charge in [0.2, 0.25) is 0 Å². The van der Waals surface area contributed by atoms with E-state index in [4.69, 9.17) is 14.2 Å². The smallest absolute Gasteiger partial charge is 0.270 e.